The van der Waals surface area contributed by atoms with Gasteiger partial charge in [-0.15, -0.1) is 0 Å². The van der Waals surface area contributed by atoms with Gasteiger partial charge in [0.25, 0.3) is 5.69 Å². The average Bonchev–Trinajstić information content (AvgIpc) is 2.85. The lowest BCUT2D eigenvalue weighted by Crippen LogP contribution is -2.55. The van der Waals surface area contributed by atoms with Gasteiger partial charge < -0.3 is 4.90 Å². The molecule has 2 bridgehead atoms. The molecule has 0 spiro atoms. The van der Waals surface area contributed by atoms with E-state index in [2.05, 4.69) is 15.9 Å². The first-order valence-corrected chi connectivity index (χ1v) is 8.53. The van der Waals surface area contributed by atoms with Crippen molar-refractivity contribution in [3.63, 3.8) is 0 Å². The molecule has 6 nitrogen and oxygen atoms in total. The van der Waals surface area contributed by atoms with E-state index in [0.717, 1.165) is 38.0 Å². The van der Waals surface area contributed by atoms with Crippen LogP contribution < -0.4 is 0 Å². The molecule has 0 unspecified atom stereocenters. The van der Waals surface area contributed by atoms with Gasteiger partial charge in [0.15, 0.2) is 0 Å². The Bertz CT molecular complexity index is 645. The lowest BCUT2D eigenvalue weighted by molar-refractivity contribution is -0.384. The number of benzene rings is 1. The van der Waals surface area contributed by atoms with Gasteiger partial charge in [0.05, 0.1) is 4.92 Å². The number of carbonyl (C=O) groups excluding carboxylic acids is 1. The molecular formula is C18H23N3O3. The third-order valence-electron chi connectivity index (χ3n) is 4.90. The zero-order chi connectivity index (χ0) is 17.1. The highest BCUT2D eigenvalue weighted by Crippen LogP contribution is 2.30. The first-order valence-electron chi connectivity index (χ1n) is 8.53. The minimum atomic E-state index is -0.376. The number of hydrogen-bond donors (Lipinski definition) is 0. The van der Waals surface area contributed by atoms with E-state index in [1.165, 1.54) is 6.07 Å². The Kier molecular flexibility index (Phi) is 4.94. The highest BCUT2D eigenvalue weighted by Gasteiger charge is 2.41. The molecule has 0 aliphatic carbocycles. The van der Waals surface area contributed by atoms with Crippen molar-refractivity contribution in [2.45, 2.75) is 38.3 Å². The molecule has 1 aromatic rings. The number of nitro benzene ring substituents is 1. The number of piperazine rings is 1. The molecule has 1 aromatic carbocycles. The summed E-state index contributed by atoms with van der Waals surface area (Å²) in [6.45, 7) is 4.57. The number of amides is 1. The zero-order valence-electron chi connectivity index (χ0n) is 13.9. The fourth-order valence-corrected chi connectivity index (χ4v) is 3.81. The molecule has 128 valence electrons. The average molecular weight is 329 g/mol. The summed E-state index contributed by atoms with van der Waals surface area (Å²) in [5.74, 6) is 0.272. The van der Waals surface area contributed by atoms with Crippen molar-refractivity contribution in [2.75, 3.05) is 19.6 Å². The minimum absolute atomic E-state index is 0.113. The van der Waals surface area contributed by atoms with Crippen LogP contribution in [-0.2, 0) is 4.79 Å². The number of likely N-dealkylation sites (tertiary alicyclic amines) is 1. The predicted molar refractivity (Wildman–Crippen MR) is 92.5 cm³/mol. The van der Waals surface area contributed by atoms with Crippen molar-refractivity contribution in [3.8, 4) is 0 Å². The van der Waals surface area contributed by atoms with Crippen LogP contribution in [0.1, 0.15) is 31.7 Å². The molecular weight excluding hydrogens is 306 g/mol. The Balaban J connectivity index is 1.58. The normalized spacial score (nSPS) is 23.8. The molecule has 0 N–H and O–H groups in total. The van der Waals surface area contributed by atoms with Crippen LogP contribution in [0.5, 0.6) is 0 Å². The summed E-state index contributed by atoms with van der Waals surface area (Å²) >= 11 is 0. The van der Waals surface area contributed by atoms with Crippen LogP contribution in [0.4, 0.5) is 5.69 Å². The monoisotopic (exact) mass is 329 g/mol. The molecule has 24 heavy (non-hydrogen) atoms. The Hall–Kier alpha value is -2.21. The van der Waals surface area contributed by atoms with Crippen molar-refractivity contribution < 1.29 is 9.72 Å². The van der Waals surface area contributed by atoms with Gasteiger partial charge in [-0.05, 0) is 18.4 Å². The summed E-state index contributed by atoms with van der Waals surface area (Å²) in [5.41, 5.74) is 0.953. The number of rotatable bonds is 5. The second-order valence-corrected chi connectivity index (χ2v) is 6.51. The van der Waals surface area contributed by atoms with Crippen LogP contribution in [0.15, 0.2) is 30.3 Å². The first-order chi connectivity index (χ1) is 11.6. The van der Waals surface area contributed by atoms with Gasteiger partial charge in [0.2, 0.25) is 5.91 Å². The molecule has 2 atom stereocenters. The fourth-order valence-electron chi connectivity index (χ4n) is 3.81. The number of carbonyl (C=O) groups is 1. The quantitative estimate of drug-likeness (QED) is 0.615. The first kappa shape index (κ1) is 16.6. The van der Waals surface area contributed by atoms with Crippen LogP contribution in [0.25, 0.3) is 6.08 Å². The van der Waals surface area contributed by atoms with Crippen molar-refractivity contribution >= 4 is 17.7 Å². The maximum Gasteiger partial charge on any atom is 0.270 e. The van der Waals surface area contributed by atoms with E-state index in [0.29, 0.717) is 18.5 Å². The van der Waals surface area contributed by atoms with E-state index in [-0.39, 0.29) is 16.5 Å². The summed E-state index contributed by atoms with van der Waals surface area (Å²) in [6.07, 6.45) is 6.76. The van der Waals surface area contributed by atoms with Crippen molar-refractivity contribution in [1.29, 1.82) is 0 Å². The summed E-state index contributed by atoms with van der Waals surface area (Å²) in [4.78, 5) is 27.0. The fraction of sp³-hybridized carbons (Fsp3) is 0.500. The van der Waals surface area contributed by atoms with Gasteiger partial charge in [-0.1, -0.05) is 31.2 Å². The molecule has 1 amide bonds. The second-order valence-electron chi connectivity index (χ2n) is 6.51. The van der Waals surface area contributed by atoms with Gasteiger partial charge in [0, 0.05) is 50.3 Å². The Morgan fingerprint density at radius 2 is 2.04 bits per heavy atom. The van der Waals surface area contributed by atoms with Gasteiger partial charge in [0.1, 0.15) is 0 Å². The summed E-state index contributed by atoms with van der Waals surface area (Å²) in [7, 11) is 0. The largest absolute Gasteiger partial charge is 0.334 e. The number of non-ortho nitro benzene ring substituents is 1. The Morgan fingerprint density at radius 1 is 1.33 bits per heavy atom. The van der Waals surface area contributed by atoms with Gasteiger partial charge in [-0.3, -0.25) is 19.8 Å². The minimum Gasteiger partial charge on any atom is -0.334 e. The van der Waals surface area contributed by atoms with E-state index in [1.54, 1.807) is 12.1 Å². The maximum atomic E-state index is 12.1. The molecule has 2 saturated heterocycles. The van der Waals surface area contributed by atoms with E-state index in [4.69, 9.17) is 0 Å². The number of nitro groups is 1. The molecule has 0 radical (unpaired) electrons. The molecule has 6 heteroatoms. The SMILES string of the molecule is CCC(=O)N1[C@H]2CC[C@H]1CN(C/C=C/c1cccc([N+](=O)[O-])c1)C2. The topological polar surface area (TPSA) is 66.7 Å². The van der Waals surface area contributed by atoms with E-state index < -0.39 is 0 Å². The van der Waals surface area contributed by atoms with Crippen molar-refractivity contribution in [3.05, 3.63) is 46.0 Å². The van der Waals surface area contributed by atoms with Crippen molar-refractivity contribution in [2.24, 2.45) is 0 Å². The molecule has 2 aliphatic rings. The number of fused-ring (bicyclic) bond motifs is 2. The third kappa shape index (κ3) is 3.48. The van der Waals surface area contributed by atoms with Gasteiger partial charge >= 0.3 is 0 Å². The van der Waals surface area contributed by atoms with E-state index in [1.807, 2.05) is 19.1 Å². The van der Waals surface area contributed by atoms with Gasteiger partial charge in [-0.25, -0.2) is 0 Å². The lowest BCUT2D eigenvalue weighted by Gasteiger charge is -2.40. The predicted octanol–water partition coefficient (Wildman–Crippen LogP) is 2.69. The Morgan fingerprint density at radius 3 is 2.67 bits per heavy atom. The Labute approximate surface area is 141 Å². The summed E-state index contributed by atoms with van der Waals surface area (Å²) < 4.78 is 0. The van der Waals surface area contributed by atoms with Gasteiger partial charge in [-0.2, -0.15) is 0 Å². The second kappa shape index (κ2) is 7.13. The van der Waals surface area contributed by atoms with Crippen LogP contribution in [0, 0.1) is 10.1 Å². The lowest BCUT2D eigenvalue weighted by atomic mass is 10.1. The van der Waals surface area contributed by atoms with Crippen LogP contribution in [0.2, 0.25) is 0 Å². The molecule has 2 fully saturated rings. The third-order valence-corrected chi connectivity index (χ3v) is 4.90. The van der Waals surface area contributed by atoms with Crippen LogP contribution >= 0.6 is 0 Å². The summed E-state index contributed by atoms with van der Waals surface area (Å²) in [5, 5.41) is 10.8. The molecule has 0 aromatic heterocycles. The maximum absolute atomic E-state index is 12.1. The molecule has 0 saturated carbocycles. The van der Waals surface area contributed by atoms with E-state index in [9.17, 15) is 14.9 Å². The molecule has 2 aliphatic heterocycles. The molecule has 2 heterocycles. The highest BCUT2D eigenvalue weighted by molar-refractivity contribution is 5.77. The number of nitrogens with zero attached hydrogens (tertiary/aromatic N) is 3. The van der Waals surface area contributed by atoms with Crippen LogP contribution in [0.3, 0.4) is 0 Å². The standard InChI is InChI=1S/C18H23N3O3/c1-2-18(22)20-16-8-9-17(20)13-19(12-16)10-4-6-14-5-3-7-15(11-14)21(23)24/h3-7,11,16-17H,2,8-10,12-13H2,1H3/b6-4+/t16-,17-/m0/s1. The highest BCUT2D eigenvalue weighted by atomic mass is 16.6. The van der Waals surface area contributed by atoms with E-state index >= 15 is 0 Å². The van der Waals surface area contributed by atoms with Crippen LogP contribution in [-0.4, -0.2) is 52.3 Å². The number of hydrogen-bond acceptors (Lipinski definition) is 4. The summed E-state index contributed by atoms with van der Waals surface area (Å²) in [6, 6.07) is 7.35. The van der Waals surface area contributed by atoms with Crippen molar-refractivity contribution in [1.82, 2.24) is 9.80 Å². The molecule has 3 rings (SSSR count). The zero-order valence-corrected chi connectivity index (χ0v) is 13.9. The smallest absolute Gasteiger partial charge is 0.270 e.